The van der Waals surface area contributed by atoms with E-state index in [0.29, 0.717) is 6.42 Å². The summed E-state index contributed by atoms with van der Waals surface area (Å²) >= 11 is 0. The van der Waals surface area contributed by atoms with Gasteiger partial charge in [-0.1, -0.05) is 25.5 Å². The molecule has 124 valence electrons. The molecular formula is C14H19F3N2O3. The number of nitrogens with one attached hydrogen (secondary N) is 2. The number of anilines is 1. The Balaban J connectivity index is 2.56. The highest BCUT2D eigenvalue weighted by Gasteiger charge is 2.28. The van der Waals surface area contributed by atoms with Crippen molar-refractivity contribution in [2.24, 2.45) is 0 Å². The molecule has 5 nitrogen and oxygen atoms in total. The van der Waals surface area contributed by atoms with Crippen molar-refractivity contribution >= 4 is 11.7 Å². The lowest BCUT2D eigenvalue weighted by Crippen LogP contribution is -2.35. The molecule has 1 aromatic rings. The Hall–Kier alpha value is -1.96. The van der Waals surface area contributed by atoms with Gasteiger partial charge in [0.1, 0.15) is 5.75 Å². The van der Waals surface area contributed by atoms with Crippen molar-refractivity contribution in [3.63, 3.8) is 0 Å². The largest absolute Gasteiger partial charge is 0.482 e. The maximum Gasteiger partial charge on any atom is 0.422 e. The zero-order valence-corrected chi connectivity index (χ0v) is 12.1. The number of amides is 2. The van der Waals surface area contributed by atoms with Crippen molar-refractivity contribution in [2.45, 2.75) is 32.0 Å². The fourth-order valence-corrected chi connectivity index (χ4v) is 1.67. The van der Waals surface area contributed by atoms with Crippen LogP contribution >= 0.6 is 0 Å². The van der Waals surface area contributed by atoms with Gasteiger partial charge in [0.2, 0.25) is 0 Å². The molecule has 0 radical (unpaired) electrons. The van der Waals surface area contributed by atoms with Gasteiger partial charge in [0.25, 0.3) is 0 Å². The van der Waals surface area contributed by atoms with Crippen molar-refractivity contribution in [1.82, 2.24) is 5.32 Å². The van der Waals surface area contributed by atoms with E-state index in [-0.39, 0.29) is 18.0 Å². The second-order valence-corrected chi connectivity index (χ2v) is 4.68. The number of aliphatic hydroxyl groups excluding tert-OH is 1. The number of ether oxygens (including phenoxy) is 1. The summed E-state index contributed by atoms with van der Waals surface area (Å²) in [5, 5.41) is 14.3. The van der Waals surface area contributed by atoms with Gasteiger partial charge in [-0.25, -0.2) is 4.79 Å². The number of benzene rings is 1. The third kappa shape index (κ3) is 7.16. The molecule has 0 aliphatic carbocycles. The van der Waals surface area contributed by atoms with Crippen molar-refractivity contribution in [1.29, 1.82) is 0 Å². The number of aliphatic hydroxyl groups is 1. The monoisotopic (exact) mass is 320 g/mol. The maximum absolute atomic E-state index is 12.2. The van der Waals surface area contributed by atoms with Crippen molar-refractivity contribution in [3.05, 3.63) is 24.3 Å². The van der Waals surface area contributed by atoms with Crippen LogP contribution in [-0.2, 0) is 0 Å². The third-order valence-electron chi connectivity index (χ3n) is 2.65. The average molecular weight is 320 g/mol. The highest BCUT2D eigenvalue weighted by molar-refractivity contribution is 5.90. The molecule has 2 amide bonds. The Morgan fingerprint density at radius 3 is 2.68 bits per heavy atom. The van der Waals surface area contributed by atoms with Crippen LogP contribution in [0.2, 0.25) is 0 Å². The van der Waals surface area contributed by atoms with Crippen LogP contribution in [0.4, 0.5) is 23.7 Å². The second-order valence-electron chi connectivity index (χ2n) is 4.68. The van der Waals surface area contributed by atoms with Gasteiger partial charge in [0.05, 0.1) is 11.8 Å². The predicted molar refractivity (Wildman–Crippen MR) is 75.9 cm³/mol. The van der Waals surface area contributed by atoms with Crippen molar-refractivity contribution < 1.29 is 27.8 Å². The van der Waals surface area contributed by atoms with E-state index in [0.717, 1.165) is 6.42 Å². The minimum atomic E-state index is -4.46. The summed E-state index contributed by atoms with van der Waals surface area (Å²) in [5.41, 5.74) is 0.120. The molecular weight excluding hydrogens is 301 g/mol. The number of hydrogen-bond acceptors (Lipinski definition) is 3. The third-order valence-corrected chi connectivity index (χ3v) is 2.65. The summed E-state index contributed by atoms with van der Waals surface area (Å²) in [5.74, 6) is -0.0796. The maximum atomic E-state index is 12.2. The molecule has 3 N–H and O–H groups in total. The van der Waals surface area contributed by atoms with Crippen LogP contribution in [-0.4, -0.2) is 36.6 Å². The van der Waals surface area contributed by atoms with Crippen LogP contribution < -0.4 is 15.4 Å². The van der Waals surface area contributed by atoms with Crippen LogP contribution in [0.1, 0.15) is 19.8 Å². The van der Waals surface area contributed by atoms with Crippen LogP contribution in [0.25, 0.3) is 0 Å². The first kappa shape index (κ1) is 18.1. The van der Waals surface area contributed by atoms with Crippen LogP contribution in [0.15, 0.2) is 24.3 Å². The number of para-hydroxylation sites is 2. The molecule has 0 saturated heterocycles. The molecule has 0 spiro atoms. The number of carbonyl (C=O) groups excluding carboxylic acids is 1. The summed E-state index contributed by atoms with van der Waals surface area (Å²) in [4.78, 5) is 11.7. The SMILES string of the molecule is CCCC(O)CNC(=O)Nc1ccccc1OCC(F)(F)F. The van der Waals surface area contributed by atoms with Gasteiger partial charge in [0.15, 0.2) is 6.61 Å². The Bertz CT molecular complexity index is 481. The van der Waals surface area contributed by atoms with Gasteiger partial charge in [0, 0.05) is 6.54 Å². The molecule has 1 aromatic carbocycles. The normalized spacial score (nSPS) is 12.6. The van der Waals surface area contributed by atoms with Crippen LogP contribution in [0.3, 0.4) is 0 Å². The second kappa shape index (κ2) is 8.47. The fourth-order valence-electron chi connectivity index (χ4n) is 1.67. The Morgan fingerprint density at radius 1 is 1.36 bits per heavy atom. The lowest BCUT2D eigenvalue weighted by molar-refractivity contribution is -0.153. The summed E-state index contributed by atoms with van der Waals surface area (Å²) < 4.78 is 41.1. The quantitative estimate of drug-likeness (QED) is 0.723. The first-order chi connectivity index (χ1) is 10.3. The number of urea groups is 1. The highest BCUT2D eigenvalue weighted by Crippen LogP contribution is 2.26. The Morgan fingerprint density at radius 2 is 2.05 bits per heavy atom. The molecule has 0 aromatic heterocycles. The molecule has 1 rings (SSSR count). The minimum absolute atomic E-state index is 0.0608. The number of halogens is 3. The smallest absolute Gasteiger partial charge is 0.422 e. The lowest BCUT2D eigenvalue weighted by Gasteiger charge is -2.15. The van der Waals surface area contributed by atoms with Crippen molar-refractivity contribution in [2.75, 3.05) is 18.5 Å². The molecule has 0 bridgehead atoms. The predicted octanol–water partition coefficient (Wildman–Crippen LogP) is 2.91. The Labute approximate surface area is 126 Å². The first-order valence-electron chi connectivity index (χ1n) is 6.83. The topological polar surface area (TPSA) is 70.6 Å². The lowest BCUT2D eigenvalue weighted by atomic mass is 10.2. The van der Waals surface area contributed by atoms with Gasteiger partial charge < -0.3 is 20.5 Å². The van der Waals surface area contributed by atoms with E-state index in [1.165, 1.54) is 18.2 Å². The fraction of sp³-hybridized carbons (Fsp3) is 0.500. The molecule has 0 fully saturated rings. The number of alkyl halides is 3. The molecule has 0 aliphatic heterocycles. The zero-order valence-electron chi connectivity index (χ0n) is 12.1. The van der Waals surface area contributed by atoms with Crippen molar-refractivity contribution in [3.8, 4) is 5.75 Å². The van der Waals surface area contributed by atoms with E-state index < -0.39 is 24.9 Å². The van der Waals surface area contributed by atoms with Gasteiger partial charge in [-0.3, -0.25) is 0 Å². The van der Waals surface area contributed by atoms with Crippen LogP contribution in [0.5, 0.6) is 5.75 Å². The first-order valence-corrected chi connectivity index (χ1v) is 6.83. The minimum Gasteiger partial charge on any atom is -0.482 e. The molecule has 1 atom stereocenters. The van der Waals surface area contributed by atoms with E-state index in [1.54, 1.807) is 6.07 Å². The standard InChI is InChI=1S/C14H19F3N2O3/c1-2-5-10(20)8-18-13(21)19-11-6-3-4-7-12(11)22-9-14(15,16)17/h3-4,6-7,10,20H,2,5,8-9H2,1H3,(H2,18,19,21). The van der Waals surface area contributed by atoms with E-state index in [2.05, 4.69) is 15.4 Å². The van der Waals surface area contributed by atoms with Gasteiger partial charge >= 0.3 is 12.2 Å². The van der Waals surface area contributed by atoms with E-state index in [1.807, 2.05) is 6.92 Å². The molecule has 0 aliphatic rings. The summed E-state index contributed by atoms with van der Waals surface area (Å²) in [6, 6.07) is 5.18. The van der Waals surface area contributed by atoms with Gasteiger partial charge in [-0.2, -0.15) is 13.2 Å². The van der Waals surface area contributed by atoms with Gasteiger partial charge in [-0.15, -0.1) is 0 Å². The van der Waals surface area contributed by atoms with E-state index in [4.69, 9.17) is 0 Å². The van der Waals surface area contributed by atoms with Gasteiger partial charge in [-0.05, 0) is 18.6 Å². The highest BCUT2D eigenvalue weighted by atomic mass is 19.4. The van der Waals surface area contributed by atoms with E-state index >= 15 is 0 Å². The zero-order chi connectivity index (χ0) is 16.6. The number of rotatable bonds is 7. The number of carbonyl (C=O) groups is 1. The van der Waals surface area contributed by atoms with E-state index in [9.17, 15) is 23.1 Å². The Kier molecular flexibility index (Phi) is 6.97. The number of hydrogen-bond donors (Lipinski definition) is 3. The molecule has 22 heavy (non-hydrogen) atoms. The molecule has 8 heteroatoms. The average Bonchev–Trinajstić information content (AvgIpc) is 2.44. The molecule has 1 unspecified atom stereocenters. The summed E-state index contributed by atoms with van der Waals surface area (Å²) in [6.07, 6.45) is -3.79. The summed E-state index contributed by atoms with van der Waals surface area (Å²) in [7, 11) is 0. The molecule has 0 heterocycles. The van der Waals surface area contributed by atoms with Crippen LogP contribution in [0, 0.1) is 0 Å². The molecule has 0 saturated carbocycles. The summed E-state index contributed by atoms with van der Waals surface area (Å²) in [6.45, 7) is 0.519.